The molecule has 0 bridgehead atoms. The molecule has 0 unspecified atom stereocenters. The maximum atomic E-state index is 7.28. The third-order valence-electron chi connectivity index (χ3n) is 2.99. The van der Waals surface area contributed by atoms with E-state index >= 15 is 0 Å². The van der Waals surface area contributed by atoms with Crippen LogP contribution in [0, 0.1) is 5.41 Å². The maximum absolute atomic E-state index is 7.28. The summed E-state index contributed by atoms with van der Waals surface area (Å²) < 4.78 is 0. The highest BCUT2D eigenvalue weighted by molar-refractivity contribution is 5.96. The minimum absolute atomic E-state index is 0.106. The van der Waals surface area contributed by atoms with Crippen molar-refractivity contribution in [2.24, 2.45) is 16.0 Å². The van der Waals surface area contributed by atoms with Gasteiger partial charge in [0.2, 0.25) is 0 Å². The van der Waals surface area contributed by atoms with E-state index in [-0.39, 0.29) is 17.6 Å². The van der Waals surface area contributed by atoms with Crippen LogP contribution < -0.4 is 11.5 Å². The molecule has 2 heterocycles. The Balaban J connectivity index is 1.98. The highest BCUT2D eigenvalue weighted by Gasteiger charge is 2.06. The molecule has 5 N–H and O–H groups in total. The Kier molecular flexibility index (Phi) is 3.40. The minimum atomic E-state index is -0.106. The number of pyridine rings is 1. The van der Waals surface area contributed by atoms with Crippen LogP contribution in [0.5, 0.6) is 0 Å². The van der Waals surface area contributed by atoms with E-state index in [9.17, 15) is 0 Å². The Morgan fingerprint density at radius 3 is 2.45 bits per heavy atom. The SMILES string of the molecule is N=C(N)c1cnc(/N=N/c2c(N)ncc3ccccc23)nc1. The molecule has 3 aromatic rings. The van der Waals surface area contributed by atoms with Crippen molar-refractivity contribution >= 4 is 34.1 Å². The first-order chi connectivity index (χ1) is 10.6. The molecule has 108 valence electrons. The highest BCUT2D eigenvalue weighted by Crippen LogP contribution is 2.30. The molecule has 3 rings (SSSR count). The highest BCUT2D eigenvalue weighted by atomic mass is 15.2. The zero-order valence-corrected chi connectivity index (χ0v) is 11.4. The number of rotatable bonds is 3. The first-order valence-electron chi connectivity index (χ1n) is 6.36. The van der Waals surface area contributed by atoms with Gasteiger partial charge in [0.15, 0.2) is 5.82 Å². The summed E-state index contributed by atoms with van der Waals surface area (Å²) in [4.78, 5) is 12.0. The standard InChI is InChI=1S/C14H12N8/c15-12(16)9-6-19-14(20-7-9)22-21-11-10-4-2-1-3-8(10)5-18-13(11)17/h1-7H,(H3,15,16)(H2,17,18)/b22-21+. The molecule has 0 aliphatic rings. The molecule has 0 saturated carbocycles. The Hall–Kier alpha value is -3.42. The van der Waals surface area contributed by atoms with Gasteiger partial charge in [-0.3, -0.25) is 5.41 Å². The van der Waals surface area contributed by atoms with E-state index < -0.39 is 0 Å². The van der Waals surface area contributed by atoms with Crippen LogP contribution >= 0.6 is 0 Å². The van der Waals surface area contributed by atoms with Crippen LogP contribution in [0.1, 0.15) is 5.56 Å². The van der Waals surface area contributed by atoms with E-state index in [1.165, 1.54) is 12.4 Å². The molecule has 0 amide bonds. The minimum Gasteiger partial charge on any atom is -0.384 e. The third kappa shape index (κ3) is 2.57. The van der Waals surface area contributed by atoms with E-state index in [4.69, 9.17) is 16.9 Å². The summed E-state index contributed by atoms with van der Waals surface area (Å²) >= 11 is 0. The number of hydrogen-bond acceptors (Lipinski definition) is 7. The lowest BCUT2D eigenvalue weighted by atomic mass is 10.1. The molecular weight excluding hydrogens is 280 g/mol. The number of aromatic nitrogens is 3. The number of nitrogens with one attached hydrogen (secondary N) is 1. The Bertz CT molecular complexity index is 870. The largest absolute Gasteiger partial charge is 0.384 e. The third-order valence-corrected chi connectivity index (χ3v) is 2.99. The number of nitrogens with two attached hydrogens (primary N) is 2. The molecular formula is C14H12N8. The first kappa shape index (κ1) is 13.6. The van der Waals surface area contributed by atoms with Crippen LogP contribution in [0.2, 0.25) is 0 Å². The molecule has 0 atom stereocenters. The van der Waals surface area contributed by atoms with Crippen molar-refractivity contribution in [3.05, 3.63) is 48.4 Å². The van der Waals surface area contributed by atoms with Gasteiger partial charge < -0.3 is 11.5 Å². The summed E-state index contributed by atoms with van der Waals surface area (Å²) in [6, 6.07) is 7.60. The van der Waals surface area contributed by atoms with Gasteiger partial charge in [0, 0.05) is 29.4 Å². The molecule has 0 spiro atoms. The predicted octanol–water partition coefficient (Wildman–Crippen LogP) is 2.31. The van der Waals surface area contributed by atoms with Crippen molar-refractivity contribution in [3.8, 4) is 0 Å². The first-order valence-corrected chi connectivity index (χ1v) is 6.36. The molecule has 0 aliphatic carbocycles. The quantitative estimate of drug-likeness (QED) is 0.386. The van der Waals surface area contributed by atoms with Gasteiger partial charge in [0.25, 0.3) is 5.95 Å². The van der Waals surface area contributed by atoms with Gasteiger partial charge in [-0.05, 0) is 0 Å². The summed E-state index contributed by atoms with van der Waals surface area (Å²) in [6.07, 6.45) is 4.50. The average Bonchev–Trinajstić information content (AvgIpc) is 2.54. The van der Waals surface area contributed by atoms with E-state index in [1.807, 2.05) is 24.3 Å². The van der Waals surface area contributed by atoms with E-state index in [1.54, 1.807) is 6.20 Å². The Morgan fingerprint density at radius 1 is 1.00 bits per heavy atom. The molecule has 2 aromatic heterocycles. The molecule has 22 heavy (non-hydrogen) atoms. The van der Waals surface area contributed by atoms with Gasteiger partial charge >= 0.3 is 0 Å². The van der Waals surface area contributed by atoms with Crippen LogP contribution in [-0.4, -0.2) is 20.8 Å². The second-order valence-corrected chi connectivity index (χ2v) is 4.46. The maximum Gasteiger partial charge on any atom is 0.268 e. The monoisotopic (exact) mass is 292 g/mol. The van der Waals surface area contributed by atoms with Crippen LogP contribution in [0.25, 0.3) is 10.8 Å². The summed E-state index contributed by atoms with van der Waals surface area (Å²) in [7, 11) is 0. The lowest BCUT2D eigenvalue weighted by Crippen LogP contribution is -2.11. The topological polar surface area (TPSA) is 139 Å². The summed E-state index contributed by atoms with van der Waals surface area (Å²) in [5, 5.41) is 17.1. The fourth-order valence-electron chi connectivity index (χ4n) is 1.88. The van der Waals surface area contributed by atoms with Crippen LogP contribution in [0.3, 0.4) is 0 Å². The van der Waals surface area contributed by atoms with Crippen molar-refractivity contribution in [2.45, 2.75) is 0 Å². The summed E-state index contributed by atoms with van der Waals surface area (Å²) in [6.45, 7) is 0. The molecule has 1 aromatic carbocycles. The zero-order chi connectivity index (χ0) is 15.5. The van der Waals surface area contributed by atoms with Gasteiger partial charge in [-0.1, -0.05) is 24.3 Å². The molecule has 0 fully saturated rings. The second kappa shape index (κ2) is 5.52. The Labute approximate surface area is 125 Å². The summed E-state index contributed by atoms with van der Waals surface area (Å²) in [5.41, 5.74) is 12.1. The number of azo groups is 1. The Morgan fingerprint density at radius 2 is 1.73 bits per heavy atom. The fraction of sp³-hybridized carbons (Fsp3) is 0. The van der Waals surface area contributed by atoms with Gasteiger partial charge in [0.05, 0.1) is 5.56 Å². The van der Waals surface area contributed by atoms with E-state index in [0.29, 0.717) is 11.3 Å². The van der Waals surface area contributed by atoms with Crippen molar-refractivity contribution in [2.75, 3.05) is 5.73 Å². The number of nitrogens with zero attached hydrogens (tertiary/aromatic N) is 5. The lowest BCUT2D eigenvalue weighted by Gasteiger charge is -2.03. The van der Waals surface area contributed by atoms with Crippen LogP contribution in [0.4, 0.5) is 17.5 Å². The molecule has 0 aliphatic heterocycles. The fourth-order valence-corrected chi connectivity index (χ4v) is 1.88. The van der Waals surface area contributed by atoms with Gasteiger partial charge in [-0.15, -0.1) is 10.2 Å². The van der Waals surface area contributed by atoms with Crippen LogP contribution in [-0.2, 0) is 0 Å². The number of fused-ring (bicyclic) bond motifs is 1. The molecule has 8 heteroatoms. The van der Waals surface area contributed by atoms with Gasteiger partial charge in [-0.25, -0.2) is 15.0 Å². The number of amidine groups is 1. The van der Waals surface area contributed by atoms with E-state index in [2.05, 4.69) is 25.2 Å². The van der Waals surface area contributed by atoms with Gasteiger partial charge in [-0.2, -0.15) is 0 Å². The van der Waals surface area contributed by atoms with Crippen molar-refractivity contribution in [3.63, 3.8) is 0 Å². The normalized spacial score (nSPS) is 11.1. The number of hydrogen-bond donors (Lipinski definition) is 3. The lowest BCUT2D eigenvalue weighted by molar-refractivity contribution is 1.06. The van der Waals surface area contributed by atoms with Crippen molar-refractivity contribution < 1.29 is 0 Å². The van der Waals surface area contributed by atoms with Crippen LogP contribution in [0.15, 0.2) is 53.1 Å². The van der Waals surface area contributed by atoms with Crippen molar-refractivity contribution in [1.82, 2.24) is 15.0 Å². The van der Waals surface area contributed by atoms with Gasteiger partial charge in [0.1, 0.15) is 11.5 Å². The number of anilines is 1. The van der Waals surface area contributed by atoms with E-state index in [0.717, 1.165) is 10.8 Å². The smallest absolute Gasteiger partial charge is 0.268 e. The summed E-state index contributed by atoms with van der Waals surface area (Å²) in [5.74, 6) is 0.325. The average molecular weight is 292 g/mol. The number of benzene rings is 1. The van der Waals surface area contributed by atoms with Crippen molar-refractivity contribution in [1.29, 1.82) is 5.41 Å². The predicted molar refractivity (Wildman–Crippen MR) is 83.4 cm³/mol. The second-order valence-electron chi connectivity index (χ2n) is 4.46. The molecule has 8 nitrogen and oxygen atoms in total. The zero-order valence-electron chi connectivity index (χ0n) is 11.4. The molecule has 0 saturated heterocycles. The molecule has 0 radical (unpaired) electrons. The number of nitrogen functional groups attached to an aromatic ring is 2.